The molecule has 38 heavy (non-hydrogen) atoms. The zero-order valence-corrected chi connectivity index (χ0v) is 20.2. The van der Waals surface area contributed by atoms with Gasteiger partial charge in [0.1, 0.15) is 6.04 Å². The maximum absolute atomic E-state index is 13.5. The summed E-state index contributed by atoms with van der Waals surface area (Å²) in [6.45, 7) is 0.310. The lowest BCUT2D eigenvalue weighted by Gasteiger charge is -2.41. The van der Waals surface area contributed by atoms with Crippen molar-refractivity contribution in [2.75, 3.05) is 13.2 Å². The Morgan fingerprint density at radius 2 is 1.84 bits per heavy atom. The number of amides is 2. The summed E-state index contributed by atoms with van der Waals surface area (Å²) in [7, 11) is 0. The fourth-order valence-electron chi connectivity index (χ4n) is 4.98. The van der Waals surface area contributed by atoms with Gasteiger partial charge in [-0.1, -0.05) is 12.1 Å². The molecule has 5 rings (SSSR count). The highest BCUT2D eigenvalue weighted by Crippen LogP contribution is 2.39. The Morgan fingerprint density at radius 3 is 2.50 bits per heavy atom. The Morgan fingerprint density at radius 1 is 1.05 bits per heavy atom. The summed E-state index contributed by atoms with van der Waals surface area (Å²) in [5, 5.41) is 1.92. The first kappa shape index (κ1) is 26.3. The van der Waals surface area contributed by atoms with Crippen molar-refractivity contribution in [1.29, 1.82) is 0 Å². The first-order valence-electron chi connectivity index (χ1n) is 12.4. The Balaban J connectivity index is 1.32. The molecule has 13 heteroatoms. The summed E-state index contributed by atoms with van der Waals surface area (Å²) in [6.07, 6.45) is -1.10. The highest BCUT2D eigenvalue weighted by atomic mass is 19.4. The largest absolute Gasteiger partial charge is 0.457 e. The van der Waals surface area contributed by atoms with Crippen LogP contribution < -0.4 is 10.1 Å². The fourth-order valence-corrected chi connectivity index (χ4v) is 4.98. The number of nitrogens with one attached hydrogen (secondary N) is 1. The van der Waals surface area contributed by atoms with Gasteiger partial charge >= 0.3 is 12.6 Å². The molecule has 2 aliphatic heterocycles. The number of benzene rings is 1. The van der Waals surface area contributed by atoms with E-state index in [9.17, 15) is 31.5 Å². The average molecular weight is 540 g/mol. The van der Waals surface area contributed by atoms with Crippen molar-refractivity contribution in [3.63, 3.8) is 0 Å². The minimum absolute atomic E-state index is 0.0573. The summed E-state index contributed by atoms with van der Waals surface area (Å²) in [5.41, 5.74) is -0.372. The van der Waals surface area contributed by atoms with Gasteiger partial charge < -0.3 is 15.0 Å². The quantitative estimate of drug-likeness (QED) is 0.538. The van der Waals surface area contributed by atoms with Gasteiger partial charge in [-0.3, -0.25) is 14.6 Å². The van der Waals surface area contributed by atoms with Crippen molar-refractivity contribution in [3.05, 3.63) is 53.5 Å². The number of rotatable bonds is 7. The number of halogens is 5. The zero-order valence-electron chi connectivity index (χ0n) is 20.2. The Kier molecular flexibility index (Phi) is 7.21. The number of fused-ring (bicyclic) bond motifs is 1. The molecule has 3 aliphatic rings. The van der Waals surface area contributed by atoms with Crippen LogP contribution in [0.25, 0.3) is 0 Å². The van der Waals surface area contributed by atoms with Crippen LogP contribution in [-0.4, -0.2) is 63.5 Å². The number of nitrogens with zero attached hydrogens (tertiary/aromatic N) is 4. The SMILES string of the molecule is O=C(NC(C(=O)N1CC[C@@H]2CC[C@H](Oc3cnc(C4CC4)cn3)N2C1)c1cccc(C(F)(F)F)c1)C(F)F. The number of alkyl halides is 5. The van der Waals surface area contributed by atoms with E-state index in [1.165, 1.54) is 11.0 Å². The van der Waals surface area contributed by atoms with Crippen LogP contribution in [0.3, 0.4) is 0 Å². The Hall–Kier alpha value is -3.35. The first-order valence-corrected chi connectivity index (χ1v) is 12.4. The monoisotopic (exact) mass is 539 g/mol. The summed E-state index contributed by atoms with van der Waals surface area (Å²) in [5.74, 6) is -1.74. The molecule has 1 aliphatic carbocycles. The van der Waals surface area contributed by atoms with Crippen LogP contribution in [-0.2, 0) is 15.8 Å². The normalized spacial score (nSPS) is 22.7. The van der Waals surface area contributed by atoms with Crippen LogP contribution in [0.1, 0.15) is 60.9 Å². The maximum Gasteiger partial charge on any atom is 0.416 e. The third-order valence-corrected chi connectivity index (χ3v) is 7.14. The molecule has 1 aromatic carbocycles. The van der Waals surface area contributed by atoms with Gasteiger partial charge in [-0.15, -0.1) is 0 Å². The molecule has 2 saturated heterocycles. The number of hydrogen-bond acceptors (Lipinski definition) is 6. The number of aromatic nitrogens is 2. The molecule has 3 fully saturated rings. The highest BCUT2D eigenvalue weighted by molar-refractivity contribution is 5.89. The smallest absolute Gasteiger partial charge is 0.416 e. The van der Waals surface area contributed by atoms with Gasteiger partial charge in [-0.05, 0) is 49.8 Å². The van der Waals surface area contributed by atoms with E-state index in [-0.39, 0.29) is 24.8 Å². The van der Waals surface area contributed by atoms with Crippen molar-refractivity contribution in [1.82, 2.24) is 25.1 Å². The van der Waals surface area contributed by atoms with E-state index in [4.69, 9.17) is 4.74 Å². The van der Waals surface area contributed by atoms with Crippen molar-refractivity contribution in [2.24, 2.45) is 0 Å². The predicted octanol–water partition coefficient (Wildman–Crippen LogP) is 3.85. The van der Waals surface area contributed by atoms with Gasteiger partial charge in [-0.2, -0.15) is 22.0 Å². The Labute approximate surface area is 215 Å². The number of carbonyl (C=O) groups excluding carboxylic acids is 2. The van der Waals surface area contributed by atoms with E-state index >= 15 is 0 Å². The molecule has 3 atom stereocenters. The summed E-state index contributed by atoms with van der Waals surface area (Å²) in [6, 6.07) is 2.15. The van der Waals surface area contributed by atoms with E-state index in [0.717, 1.165) is 37.1 Å². The minimum atomic E-state index is -4.71. The van der Waals surface area contributed by atoms with Crippen LogP contribution in [0.2, 0.25) is 0 Å². The van der Waals surface area contributed by atoms with Crippen LogP contribution >= 0.6 is 0 Å². The van der Waals surface area contributed by atoms with Gasteiger partial charge in [0, 0.05) is 18.5 Å². The van der Waals surface area contributed by atoms with Gasteiger partial charge in [0.25, 0.3) is 11.8 Å². The lowest BCUT2D eigenvalue weighted by molar-refractivity contribution is -0.145. The van der Waals surface area contributed by atoms with E-state index in [2.05, 4.69) is 9.97 Å². The number of ether oxygens (including phenoxy) is 1. The standard InChI is InChI=1S/C25H26F5N5O3/c26-22(27)23(36)33-21(15-2-1-3-16(10-15)25(28,29)30)24(37)34-9-8-17-6-7-20(35(17)13-34)38-19-12-31-18(11-32-19)14-4-5-14/h1-3,10-12,14,17,20-22H,4-9,13H2,(H,33,36)/t17-,20-,21?/m0/s1. The molecular formula is C25H26F5N5O3. The molecule has 1 unspecified atom stereocenters. The van der Waals surface area contributed by atoms with Crippen molar-refractivity contribution in [2.45, 2.75) is 68.9 Å². The van der Waals surface area contributed by atoms with Gasteiger partial charge in [0.05, 0.1) is 30.3 Å². The van der Waals surface area contributed by atoms with Crippen LogP contribution in [0.5, 0.6) is 5.88 Å². The van der Waals surface area contributed by atoms with Crippen LogP contribution in [0, 0.1) is 0 Å². The van der Waals surface area contributed by atoms with E-state index in [1.54, 1.807) is 12.4 Å². The first-order chi connectivity index (χ1) is 18.1. The lowest BCUT2D eigenvalue weighted by atomic mass is 10.0. The van der Waals surface area contributed by atoms with E-state index < -0.39 is 42.2 Å². The van der Waals surface area contributed by atoms with Gasteiger partial charge in [0.2, 0.25) is 5.88 Å². The third-order valence-electron chi connectivity index (χ3n) is 7.14. The molecule has 1 saturated carbocycles. The minimum Gasteiger partial charge on any atom is -0.457 e. The predicted molar refractivity (Wildman–Crippen MR) is 123 cm³/mol. The summed E-state index contributed by atoms with van der Waals surface area (Å²) >= 11 is 0. The molecule has 1 aromatic heterocycles. The molecular weight excluding hydrogens is 513 g/mol. The van der Waals surface area contributed by atoms with Crippen molar-refractivity contribution < 1.29 is 36.3 Å². The number of carbonyl (C=O) groups is 2. The fraction of sp³-hybridized carbons (Fsp3) is 0.520. The second-order valence-corrected chi connectivity index (χ2v) is 9.77. The molecule has 2 amide bonds. The lowest BCUT2D eigenvalue weighted by Crippen LogP contribution is -2.56. The highest BCUT2D eigenvalue weighted by Gasteiger charge is 2.42. The van der Waals surface area contributed by atoms with Crippen LogP contribution in [0.15, 0.2) is 36.7 Å². The van der Waals surface area contributed by atoms with E-state index in [0.29, 0.717) is 30.7 Å². The summed E-state index contributed by atoms with van der Waals surface area (Å²) in [4.78, 5) is 37.3. The zero-order chi connectivity index (χ0) is 27.0. The maximum atomic E-state index is 13.5. The second kappa shape index (κ2) is 10.4. The van der Waals surface area contributed by atoms with Gasteiger partial charge in [0.15, 0.2) is 6.23 Å². The van der Waals surface area contributed by atoms with Crippen molar-refractivity contribution >= 4 is 11.8 Å². The van der Waals surface area contributed by atoms with Crippen molar-refractivity contribution in [3.8, 4) is 5.88 Å². The Bertz CT molecular complexity index is 1170. The van der Waals surface area contributed by atoms with Crippen LogP contribution in [0.4, 0.5) is 22.0 Å². The van der Waals surface area contributed by atoms with E-state index in [1.807, 2.05) is 10.2 Å². The molecule has 2 aromatic rings. The molecule has 0 bridgehead atoms. The number of hydrogen-bond donors (Lipinski definition) is 1. The third kappa shape index (κ3) is 5.71. The second-order valence-electron chi connectivity index (χ2n) is 9.77. The summed E-state index contributed by atoms with van der Waals surface area (Å²) < 4.78 is 71.9. The average Bonchev–Trinajstić information content (AvgIpc) is 3.68. The molecule has 3 heterocycles. The van der Waals surface area contributed by atoms with Gasteiger partial charge in [-0.25, -0.2) is 9.88 Å². The molecule has 204 valence electrons. The molecule has 0 radical (unpaired) electrons. The molecule has 1 N–H and O–H groups in total. The topological polar surface area (TPSA) is 87.7 Å². The molecule has 8 nitrogen and oxygen atoms in total. The molecule has 0 spiro atoms.